The minimum atomic E-state index is -1.10. The smallest absolute Gasteiger partial charge is 0.343 e. The highest BCUT2D eigenvalue weighted by Crippen LogP contribution is 2.25. The number of rotatable bonds is 2. The average Bonchev–Trinajstić information content (AvgIpc) is 2.50. The fourth-order valence-electron chi connectivity index (χ4n) is 2.08. The van der Waals surface area contributed by atoms with Crippen molar-refractivity contribution in [2.45, 2.75) is 6.92 Å². The number of ether oxygens (including phenoxy) is 1. The summed E-state index contributed by atoms with van der Waals surface area (Å²) in [6.07, 6.45) is 0. The van der Waals surface area contributed by atoms with Crippen LogP contribution in [-0.4, -0.2) is 11.0 Å². The lowest BCUT2D eigenvalue weighted by molar-refractivity contribution is 0.0736. The van der Waals surface area contributed by atoms with Crippen LogP contribution in [0, 0.1) is 18.6 Å². The second-order valence-electron chi connectivity index (χ2n) is 4.80. The first-order valence-electron chi connectivity index (χ1n) is 6.58. The van der Waals surface area contributed by atoms with E-state index in [4.69, 9.17) is 4.74 Å². The Balaban J connectivity index is 1.97. The van der Waals surface area contributed by atoms with Crippen LogP contribution in [0.3, 0.4) is 0 Å². The van der Waals surface area contributed by atoms with Gasteiger partial charge < -0.3 is 4.74 Å². The van der Waals surface area contributed by atoms with Crippen LogP contribution in [0.5, 0.6) is 5.75 Å². The molecule has 3 rings (SSSR count). The molecule has 3 nitrogen and oxygen atoms in total. The maximum Gasteiger partial charge on any atom is 0.343 e. The second-order valence-corrected chi connectivity index (χ2v) is 4.80. The molecule has 0 aliphatic rings. The molecule has 0 atom stereocenters. The van der Waals surface area contributed by atoms with Crippen LogP contribution >= 0.6 is 0 Å². The van der Waals surface area contributed by atoms with Gasteiger partial charge in [0.15, 0.2) is 17.4 Å². The number of pyridine rings is 1. The molecule has 1 aromatic heterocycles. The van der Waals surface area contributed by atoms with Crippen LogP contribution in [0.2, 0.25) is 0 Å². The van der Waals surface area contributed by atoms with Crippen molar-refractivity contribution in [2.75, 3.05) is 0 Å². The third kappa shape index (κ3) is 2.65. The molecule has 0 amide bonds. The molecule has 110 valence electrons. The molecule has 1 heterocycles. The zero-order valence-electron chi connectivity index (χ0n) is 11.6. The van der Waals surface area contributed by atoms with Gasteiger partial charge in [-0.1, -0.05) is 18.2 Å². The first kappa shape index (κ1) is 14.1. The number of carbonyl (C=O) groups excluding carboxylic acids is 1. The van der Waals surface area contributed by atoms with E-state index in [0.717, 1.165) is 23.2 Å². The minimum Gasteiger partial charge on any atom is -0.421 e. The number of halogens is 2. The van der Waals surface area contributed by atoms with E-state index in [-0.39, 0.29) is 11.3 Å². The Morgan fingerprint density at radius 2 is 1.86 bits per heavy atom. The lowest BCUT2D eigenvalue weighted by Gasteiger charge is -2.08. The zero-order chi connectivity index (χ0) is 15.7. The van der Waals surface area contributed by atoms with Gasteiger partial charge in [0.25, 0.3) is 0 Å². The molecule has 0 saturated carbocycles. The first-order chi connectivity index (χ1) is 10.5. The van der Waals surface area contributed by atoms with Gasteiger partial charge in [-0.25, -0.2) is 18.6 Å². The summed E-state index contributed by atoms with van der Waals surface area (Å²) in [6, 6.07) is 11.8. The molecule has 22 heavy (non-hydrogen) atoms. The molecule has 0 aliphatic heterocycles. The minimum absolute atomic E-state index is 0.0662. The summed E-state index contributed by atoms with van der Waals surface area (Å²) in [5.74, 6) is -2.61. The molecule has 0 N–H and O–H groups in total. The predicted molar refractivity (Wildman–Crippen MR) is 77.8 cm³/mol. The average molecular weight is 299 g/mol. The Hall–Kier alpha value is -2.82. The quantitative estimate of drug-likeness (QED) is 0.529. The van der Waals surface area contributed by atoms with Gasteiger partial charge in [-0.05, 0) is 37.3 Å². The third-order valence-corrected chi connectivity index (χ3v) is 3.18. The number of para-hydroxylation sites is 1. The molecule has 5 heteroatoms. The number of hydrogen-bond acceptors (Lipinski definition) is 3. The SMILES string of the molecule is Cc1ccc2cccc(OC(=O)c3ccc(F)c(F)c3)c2n1. The summed E-state index contributed by atoms with van der Waals surface area (Å²) in [5, 5.41) is 0.821. The normalized spacial score (nSPS) is 10.7. The van der Waals surface area contributed by atoms with Crippen LogP contribution in [0.15, 0.2) is 48.5 Å². The number of aromatic nitrogens is 1. The van der Waals surface area contributed by atoms with Crippen LogP contribution < -0.4 is 4.74 Å². The van der Waals surface area contributed by atoms with Gasteiger partial charge in [-0.3, -0.25) is 0 Å². The van der Waals surface area contributed by atoms with Crippen LogP contribution in [0.4, 0.5) is 8.78 Å². The molecule has 3 aromatic rings. The number of carbonyl (C=O) groups is 1. The summed E-state index contributed by atoms with van der Waals surface area (Å²) in [4.78, 5) is 16.4. The molecule has 2 aromatic carbocycles. The Labute approximate surface area is 125 Å². The van der Waals surface area contributed by atoms with Crippen LogP contribution in [0.1, 0.15) is 16.1 Å². The summed E-state index contributed by atoms with van der Waals surface area (Å²) in [6.45, 7) is 1.83. The Bertz CT molecular complexity index is 878. The second kappa shape index (κ2) is 5.52. The lowest BCUT2D eigenvalue weighted by atomic mass is 10.2. The zero-order valence-corrected chi connectivity index (χ0v) is 11.6. The standard InChI is InChI=1S/C17H11F2NO2/c1-10-5-6-11-3-2-4-15(16(11)20-10)22-17(21)12-7-8-13(18)14(19)9-12/h2-9H,1H3. The molecule has 0 aliphatic carbocycles. The highest BCUT2D eigenvalue weighted by Gasteiger charge is 2.14. The molecular formula is C17H11F2NO2. The van der Waals surface area contributed by atoms with Crippen LogP contribution in [-0.2, 0) is 0 Å². The van der Waals surface area contributed by atoms with Crippen molar-refractivity contribution in [1.82, 2.24) is 4.98 Å². The fourth-order valence-corrected chi connectivity index (χ4v) is 2.08. The van der Waals surface area contributed by atoms with Gasteiger partial charge in [0, 0.05) is 11.1 Å². The number of fused-ring (bicyclic) bond motifs is 1. The summed E-state index contributed by atoms with van der Waals surface area (Å²) in [5.41, 5.74) is 1.26. The number of benzene rings is 2. The Kier molecular flexibility index (Phi) is 3.55. The number of hydrogen-bond donors (Lipinski definition) is 0. The van der Waals surface area contributed by atoms with Gasteiger partial charge in [-0.15, -0.1) is 0 Å². The maximum atomic E-state index is 13.2. The summed E-state index contributed by atoms with van der Waals surface area (Å²) >= 11 is 0. The van der Waals surface area contributed by atoms with Crippen molar-refractivity contribution in [3.8, 4) is 5.75 Å². The van der Waals surface area contributed by atoms with Gasteiger partial charge in [-0.2, -0.15) is 0 Å². The van der Waals surface area contributed by atoms with E-state index in [9.17, 15) is 13.6 Å². The van der Waals surface area contributed by atoms with Gasteiger partial charge in [0.2, 0.25) is 0 Å². The van der Waals surface area contributed by atoms with Crippen molar-refractivity contribution < 1.29 is 18.3 Å². The summed E-state index contributed by atoms with van der Waals surface area (Å²) < 4.78 is 31.4. The van der Waals surface area contributed by atoms with E-state index in [1.165, 1.54) is 6.07 Å². The number of nitrogens with zero attached hydrogens (tertiary/aromatic N) is 1. The van der Waals surface area contributed by atoms with Crippen LogP contribution in [0.25, 0.3) is 10.9 Å². The highest BCUT2D eigenvalue weighted by atomic mass is 19.2. The Morgan fingerprint density at radius 1 is 1.05 bits per heavy atom. The molecule has 0 spiro atoms. The van der Waals surface area contributed by atoms with E-state index >= 15 is 0 Å². The number of esters is 1. The van der Waals surface area contributed by atoms with Crippen molar-refractivity contribution in [2.24, 2.45) is 0 Å². The van der Waals surface area contributed by atoms with E-state index in [0.29, 0.717) is 5.52 Å². The van der Waals surface area contributed by atoms with Gasteiger partial charge in [0.05, 0.1) is 5.56 Å². The van der Waals surface area contributed by atoms with E-state index in [1.807, 2.05) is 25.1 Å². The maximum absolute atomic E-state index is 13.2. The fraction of sp³-hybridized carbons (Fsp3) is 0.0588. The van der Waals surface area contributed by atoms with Crippen molar-refractivity contribution >= 4 is 16.9 Å². The monoisotopic (exact) mass is 299 g/mol. The molecule has 0 bridgehead atoms. The van der Waals surface area contributed by atoms with Crippen molar-refractivity contribution in [3.05, 3.63) is 71.4 Å². The third-order valence-electron chi connectivity index (χ3n) is 3.18. The molecule has 0 saturated heterocycles. The largest absolute Gasteiger partial charge is 0.421 e. The lowest BCUT2D eigenvalue weighted by Crippen LogP contribution is -2.09. The van der Waals surface area contributed by atoms with E-state index < -0.39 is 17.6 Å². The van der Waals surface area contributed by atoms with Gasteiger partial charge >= 0.3 is 5.97 Å². The molecule has 0 radical (unpaired) electrons. The number of aryl methyl sites for hydroxylation is 1. The molecular weight excluding hydrogens is 288 g/mol. The van der Waals surface area contributed by atoms with Crippen molar-refractivity contribution in [1.29, 1.82) is 0 Å². The van der Waals surface area contributed by atoms with Crippen molar-refractivity contribution in [3.63, 3.8) is 0 Å². The topological polar surface area (TPSA) is 39.2 Å². The first-order valence-corrected chi connectivity index (χ1v) is 6.58. The molecule has 0 unspecified atom stereocenters. The van der Waals surface area contributed by atoms with Gasteiger partial charge in [0.1, 0.15) is 5.52 Å². The molecule has 0 fully saturated rings. The van der Waals surface area contributed by atoms with E-state index in [2.05, 4.69) is 4.98 Å². The van der Waals surface area contributed by atoms with E-state index in [1.54, 1.807) is 12.1 Å². The predicted octanol–water partition coefficient (Wildman–Crippen LogP) is 4.04. The Morgan fingerprint density at radius 3 is 2.64 bits per heavy atom. The highest BCUT2D eigenvalue weighted by molar-refractivity contribution is 5.94. The summed E-state index contributed by atoms with van der Waals surface area (Å²) in [7, 11) is 0.